The van der Waals surface area contributed by atoms with Crippen molar-refractivity contribution in [1.82, 2.24) is 10.2 Å². The van der Waals surface area contributed by atoms with Gasteiger partial charge in [0.25, 0.3) is 0 Å². The number of aromatic amines is 1. The number of carboxylic acids is 1. The number of aromatic nitrogens is 2. The second-order valence-electron chi connectivity index (χ2n) is 4.80. The first-order valence-electron chi connectivity index (χ1n) is 6.29. The molecule has 3 rings (SSSR count). The number of rotatable bonds is 2. The Morgan fingerprint density at radius 3 is 3.05 bits per heavy atom. The molecule has 0 fully saturated rings. The monoisotopic (exact) mass is 257 g/mol. The summed E-state index contributed by atoms with van der Waals surface area (Å²) in [4.78, 5) is 13.1. The summed E-state index contributed by atoms with van der Waals surface area (Å²) >= 11 is 0. The molecule has 2 N–H and O–H groups in total. The largest absolute Gasteiger partial charge is 0.477 e. The quantitative estimate of drug-likeness (QED) is 0.865. The topological polar surface area (TPSA) is 69.2 Å². The summed E-state index contributed by atoms with van der Waals surface area (Å²) in [5.74, 6) is -0.985. The molecule has 19 heavy (non-hydrogen) atoms. The Bertz CT molecular complexity index is 633. The highest BCUT2D eigenvalue weighted by Gasteiger charge is 2.19. The molecule has 2 aromatic rings. The third-order valence-corrected chi connectivity index (χ3v) is 3.57. The Kier molecular flexibility index (Phi) is 2.74. The van der Waals surface area contributed by atoms with E-state index in [2.05, 4.69) is 28.2 Å². The van der Waals surface area contributed by atoms with Crippen LogP contribution in [0.25, 0.3) is 11.3 Å². The number of nitrogens with zero attached hydrogens (tertiary/aromatic N) is 2. The van der Waals surface area contributed by atoms with E-state index < -0.39 is 5.97 Å². The molecular formula is C14H15N3O2. The summed E-state index contributed by atoms with van der Waals surface area (Å²) in [6.07, 6.45) is 2.11. The van der Waals surface area contributed by atoms with Crippen LogP contribution in [0.1, 0.15) is 22.5 Å². The number of aromatic carboxylic acids is 1. The van der Waals surface area contributed by atoms with Gasteiger partial charge in [-0.15, -0.1) is 0 Å². The van der Waals surface area contributed by atoms with Gasteiger partial charge in [-0.2, -0.15) is 5.10 Å². The second-order valence-corrected chi connectivity index (χ2v) is 4.80. The van der Waals surface area contributed by atoms with E-state index in [0.29, 0.717) is 5.69 Å². The van der Waals surface area contributed by atoms with Gasteiger partial charge in [-0.1, -0.05) is 12.1 Å². The summed E-state index contributed by atoms with van der Waals surface area (Å²) in [6.45, 7) is 1.05. The number of nitrogens with one attached hydrogen (secondary N) is 1. The zero-order chi connectivity index (χ0) is 13.4. The van der Waals surface area contributed by atoms with E-state index in [1.807, 2.05) is 12.1 Å². The lowest BCUT2D eigenvalue weighted by atomic mass is 9.95. The van der Waals surface area contributed by atoms with Crippen molar-refractivity contribution in [2.45, 2.75) is 12.8 Å². The molecule has 1 aliphatic heterocycles. The number of hydrogen-bond donors (Lipinski definition) is 2. The van der Waals surface area contributed by atoms with E-state index in [1.165, 1.54) is 11.3 Å². The third-order valence-electron chi connectivity index (χ3n) is 3.57. The number of H-pyrrole nitrogens is 1. The lowest BCUT2D eigenvalue weighted by Gasteiger charge is -2.28. The molecule has 0 saturated heterocycles. The van der Waals surface area contributed by atoms with Gasteiger partial charge in [0.2, 0.25) is 0 Å². The van der Waals surface area contributed by atoms with Gasteiger partial charge in [0, 0.05) is 24.8 Å². The Hall–Kier alpha value is -2.30. The fourth-order valence-corrected chi connectivity index (χ4v) is 2.62. The molecule has 5 nitrogen and oxygen atoms in total. The molecule has 0 bridgehead atoms. The average Bonchev–Trinajstić information content (AvgIpc) is 2.88. The minimum absolute atomic E-state index is 0.122. The van der Waals surface area contributed by atoms with Gasteiger partial charge in [-0.3, -0.25) is 5.10 Å². The first-order chi connectivity index (χ1) is 9.16. The molecule has 1 aromatic heterocycles. The van der Waals surface area contributed by atoms with E-state index in [9.17, 15) is 4.79 Å². The van der Waals surface area contributed by atoms with Crippen LogP contribution in [0.3, 0.4) is 0 Å². The molecular weight excluding hydrogens is 242 g/mol. The minimum atomic E-state index is -0.985. The van der Waals surface area contributed by atoms with Crippen LogP contribution < -0.4 is 4.90 Å². The van der Waals surface area contributed by atoms with Crippen LogP contribution >= 0.6 is 0 Å². The number of carboxylic acid groups (broad SMARTS) is 1. The predicted molar refractivity (Wildman–Crippen MR) is 72.6 cm³/mol. The van der Waals surface area contributed by atoms with Crippen LogP contribution in [-0.4, -0.2) is 34.9 Å². The van der Waals surface area contributed by atoms with Crippen molar-refractivity contribution in [3.8, 4) is 11.3 Å². The normalized spacial score (nSPS) is 14.3. The van der Waals surface area contributed by atoms with Gasteiger partial charge in [-0.05, 0) is 30.5 Å². The predicted octanol–water partition coefficient (Wildman–Crippen LogP) is 2.16. The van der Waals surface area contributed by atoms with Crippen LogP contribution in [0.5, 0.6) is 0 Å². The maximum absolute atomic E-state index is 10.9. The first kappa shape index (κ1) is 11.8. The summed E-state index contributed by atoms with van der Waals surface area (Å²) < 4.78 is 0. The highest BCUT2D eigenvalue weighted by molar-refractivity contribution is 5.87. The van der Waals surface area contributed by atoms with E-state index in [0.717, 1.165) is 24.9 Å². The Morgan fingerprint density at radius 1 is 1.47 bits per heavy atom. The number of anilines is 1. The summed E-state index contributed by atoms with van der Waals surface area (Å²) in [7, 11) is 2.08. The molecule has 98 valence electrons. The Labute approximate surface area is 110 Å². The van der Waals surface area contributed by atoms with E-state index in [4.69, 9.17) is 5.11 Å². The van der Waals surface area contributed by atoms with Gasteiger partial charge in [0.05, 0.1) is 5.69 Å². The molecule has 5 heteroatoms. The summed E-state index contributed by atoms with van der Waals surface area (Å²) in [6, 6.07) is 7.68. The molecule has 0 radical (unpaired) electrons. The fourth-order valence-electron chi connectivity index (χ4n) is 2.62. The maximum Gasteiger partial charge on any atom is 0.353 e. The lowest BCUT2D eigenvalue weighted by Crippen LogP contribution is -2.24. The van der Waals surface area contributed by atoms with Crippen molar-refractivity contribution in [1.29, 1.82) is 0 Å². The summed E-state index contributed by atoms with van der Waals surface area (Å²) in [5, 5.41) is 15.6. The molecule has 1 aliphatic rings. The smallest absolute Gasteiger partial charge is 0.353 e. The van der Waals surface area contributed by atoms with E-state index in [-0.39, 0.29) is 5.69 Å². The molecule has 0 unspecified atom stereocenters. The fraction of sp³-hybridized carbons (Fsp3) is 0.286. The zero-order valence-electron chi connectivity index (χ0n) is 10.7. The molecule has 0 atom stereocenters. The number of hydrogen-bond acceptors (Lipinski definition) is 3. The van der Waals surface area contributed by atoms with Gasteiger partial charge in [0.15, 0.2) is 0 Å². The molecule has 0 amide bonds. The first-order valence-corrected chi connectivity index (χ1v) is 6.29. The van der Waals surface area contributed by atoms with Crippen molar-refractivity contribution >= 4 is 11.7 Å². The Morgan fingerprint density at radius 2 is 2.32 bits per heavy atom. The second kappa shape index (κ2) is 4.42. The van der Waals surface area contributed by atoms with Crippen LogP contribution in [0, 0.1) is 0 Å². The number of benzene rings is 1. The van der Waals surface area contributed by atoms with Gasteiger partial charge in [-0.25, -0.2) is 4.79 Å². The maximum atomic E-state index is 10.9. The molecule has 0 aliphatic carbocycles. The highest BCUT2D eigenvalue weighted by atomic mass is 16.4. The van der Waals surface area contributed by atoms with Gasteiger partial charge in [0.1, 0.15) is 5.69 Å². The Balaban J connectivity index is 2.09. The van der Waals surface area contributed by atoms with Crippen LogP contribution in [-0.2, 0) is 6.42 Å². The molecule has 1 aromatic carbocycles. The number of fused-ring (bicyclic) bond motifs is 1. The van der Waals surface area contributed by atoms with Crippen LogP contribution in [0.4, 0.5) is 5.69 Å². The number of carbonyl (C=O) groups is 1. The van der Waals surface area contributed by atoms with Crippen LogP contribution in [0.2, 0.25) is 0 Å². The lowest BCUT2D eigenvalue weighted by molar-refractivity contribution is 0.0690. The molecule has 2 heterocycles. The third kappa shape index (κ3) is 1.97. The van der Waals surface area contributed by atoms with Crippen molar-refractivity contribution in [2.75, 3.05) is 18.5 Å². The van der Waals surface area contributed by atoms with E-state index in [1.54, 1.807) is 6.07 Å². The standard InChI is InChI=1S/C14H15N3O2/c1-17-7-3-5-10-9(4-2-6-13(10)17)11-8-12(14(18)19)16-15-11/h2,4,6,8H,3,5,7H2,1H3,(H,15,16)(H,18,19). The van der Waals surface area contributed by atoms with Crippen molar-refractivity contribution in [3.63, 3.8) is 0 Å². The SMILES string of the molecule is CN1CCCc2c(-c3cc(C(=O)O)[nH]n3)cccc21. The minimum Gasteiger partial charge on any atom is -0.477 e. The van der Waals surface area contributed by atoms with E-state index >= 15 is 0 Å². The van der Waals surface area contributed by atoms with Crippen molar-refractivity contribution < 1.29 is 9.90 Å². The van der Waals surface area contributed by atoms with Crippen LogP contribution in [0.15, 0.2) is 24.3 Å². The highest BCUT2D eigenvalue weighted by Crippen LogP contribution is 2.34. The van der Waals surface area contributed by atoms with Crippen molar-refractivity contribution in [3.05, 3.63) is 35.5 Å². The average molecular weight is 257 g/mol. The van der Waals surface area contributed by atoms with Crippen molar-refractivity contribution in [2.24, 2.45) is 0 Å². The zero-order valence-corrected chi connectivity index (χ0v) is 10.7. The molecule has 0 spiro atoms. The summed E-state index contributed by atoms with van der Waals surface area (Å²) in [5.41, 5.74) is 4.30. The van der Waals surface area contributed by atoms with Gasteiger partial charge < -0.3 is 10.0 Å². The van der Waals surface area contributed by atoms with Gasteiger partial charge >= 0.3 is 5.97 Å². The molecule has 0 saturated carbocycles.